The van der Waals surface area contributed by atoms with Gasteiger partial charge in [-0.05, 0) is 72.9 Å². The van der Waals surface area contributed by atoms with Crippen LogP contribution in [0.15, 0.2) is 73.1 Å². The van der Waals surface area contributed by atoms with Crippen LogP contribution in [0, 0.1) is 0 Å². The van der Waals surface area contributed by atoms with Crippen LogP contribution in [0.4, 0.5) is 10.5 Å². The monoisotopic (exact) mass is 371 g/mol. The number of carbonyl (C=O) groups is 1. The molecule has 5 rings (SSSR count). The van der Waals surface area contributed by atoms with Crippen LogP contribution in [0.2, 0.25) is 0 Å². The number of hydrogen-bond donors (Lipinski definition) is 1. The van der Waals surface area contributed by atoms with Crippen LogP contribution >= 0.6 is 0 Å². The van der Waals surface area contributed by atoms with Gasteiger partial charge in [0.05, 0.1) is 6.04 Å². The van der Waals surface area contributed by atoms with Gasteiger partial charge < -0.3 is 15.0 Å². The summed E-state index contributed by atoms with van der Waals surface area (Å²) in [6.07, 6.45) is 6.70. The summed E-state index contributed by atoms with van der Waals surface area (Å²) in [5, 5.41) is 3.05. The number of para-hydroxylation sites is 1. The van der Waals surface area contributed by atoms with E-state index < -0.39 is 0 Å². The van der Waals surface area contributed by atoms with Crippen LogP contribution in [0.5, 0.6) is 11.5 Å². The van der Waals surface area contributed by atoms with Gasteiger partial charge in [0.25, 0.3) is 0 Å². The zero-order valence-corrected chi connectivity index (χ0v) is 15.4. The van der Waals surface area contributed by atoms with Gasteiger partial charge in [0.1, 0.15) is 11.5 Å². The number of benzene rings is 2. The van der Waals surface area contributed by atoms with E-state index in [4.69, 9.17) is 4.74 Å². The van der Waals surface area contributed by atoms with Gasteiger partial charge in [0.2, 0.25) is 0 Å². The Morgan fingerprint density at radius 2 is 1.79 bits per heavy atom. The lowest BCUT2D eigenvalue weighted by molar-refractivity contribution is 0.179. The number of amides is 2. The maximum Gasteiger partial charge on any atom is 0.322 e. The largest absolute Gasteiger partial charge is 0.457 e. The van der Waals surface area contributed by atoms with Gasteiger partial charge >= 0.3 is 6.03 Å². The molecule has 0 saturated carbocycles. The molecule has 1 N–H and O–H groups in total. The van der Waals surface area contributed by atoms with Gasteiger partial charge in [0, 0.05) is 24.1 Å². The smallest absolute Gasteiger partial charge is 0.322 e. The Balaban J connectivity index is 1.29. The molecule has 0 radical (unpaired) electrons. The SMILES string of the molecule is O=C(Nc1ccc(Oc2ccccc2)cc1)N1[C@H]2CC[C@@H]1c1ccncc1C2. The summed E-state index contributed by atoms with van der Waals surface area (Å²) >= 11 is 0. The van der Waals surface area contributed by atoms with Gasteiger partial charge in [-0.2, -0.15) is 0 Å². The summed E-state index contributed by atoms with van der Waals surface area (Å²) in [5.74, 6) is 1.53. The van der Waals surface area contributed by atoms with Crippen molar-refractivity contribution in [2.24, 2.45) is 0 Å². The van der Waals surface area contributed by atoms with Gasteiger partial charge in [-0.1, -0.05) is 18.2 Å². The third kappa shape index (κ3) is 3.09. The summed E-state index contributed by atoms with van der Waals surface area (Å²) in [4.78, 5) is 19.2. The van der Waals surface area contributed by atoms with Crippen LogP contribution in [-0.4, -0.2) is 22.0 Å². The molecule has 2 aromatic carbocycles. The summed E-state index contributed by atoms with van der Waals surface area (Å²) in [6, 6.07) is 19.6. The zero-order valence-electron chi connectivity index (χ0n) is 15.4. The number of nitrogens with zero attached hydrogens (tertiary/aromatic N) is 2. The lowest BCUT2D eigenvalue weighted by Crippen LogP contribution is -2.44. The summed E-state index contributed by atoms with van der Waals surface area (Å²) in [6.45, 7) is 0. The minimum atomic E-state index is -0.0355. The first-order chi connectivity index (χ1) is 13.8. The number of anilines is 1. The second kappa shape index (κ2) is 7.00. The van der Waals surface area contributed by atoms with E-state index in [2.05, 4.69) is 16.4 Å². The quantitative estimate of drug-likeness (QED) is 0.691. The Morgan fingerprint density at radius 1 is 1.00 bits per heavy atom. The van der Waals surface area contributed by atoms with Gasteiger partial charge in [0.15, 0.2) is 0 Å². The number of rotatable bonds is 3. The highest BCUT2D eigenvalue weighted by atomic mass is 16.5. The second-order valence-electron chi connectivity index (χ2n) is 7.30. The number of fused-ring (bicyclic) bond motifs is 4. The maximum absolute atomic E-state index is 13.0. The van der Waals surface area contributed by atoms with E-state index in [0.29, 0.717) is 0 Å². The van der Waals surface area contributed by atoms with Crippen molar-refractivity contribution in [3.05, 3.63) is 84.2 Å². The fourth-order valence-corrected chi connectivity index (χ4v) is 4.30. The Bertz CT molecular complexity index is 988. The zero-order chi connectivity index (χ0) is 18.9. The number of hydrogen-bond acceptors (Lipinski definition) is 3. The lowest BCUT2D eigenvalue weighted by atomic mass is 9.95. The van der Waals surface area contributed by atoms with Gasteiger partial charge in [-0.25, -0.2) is 4.79 Å². The molecule has 0 aliphatic carbocycles. The molecule has 2 bridgehead atoms. The first kappa shape index (κ1) is 16.8. The number of carbonyl (C=O) groups excluding carboxylic acids is 1. The molecule has 0 unspecified atom stereocenters. The fraction of sp³-hybridized carbons (Fsp3) is 0.217. The molecule has 1 fully saturated rings. The van der Waals surface area contributed by atoms with Crippen molar-refractivity contribution in [1.82, 2.24) is 9.88 Å². The molecule has 1 aromatic heterocycles. The standard InChI is InChI=1S/C23H21N3O2/c27-23(26-18-8-11-22(26)21-12-13-24-15-16(21)14-18)25-17-6-9-20(10-7-17)28-19-4-2-1-3-5-19/h1-7,9-10,12-13,15,18,22H,8,11,14H2,(H,25,27)/t18-,22+/m0/s1. The summed E-state index contributed by atoms with van der Waals surface area (Å²) in [5.41, 5.74) is 3.29. The number of urea groups is 1. The van der Waals surface area contributed by atoms with E-state index in [9.17, 15) is 4.79 Å². The van der Waals surface area contributed by atoms with E-state index in [1.54, 1.807) is 0 Å². The highest BCUT2D eigenvalue weighted by molar-refractivity contribution is 5.90. The molecule has 5 nitrogen and oxygen atoms in total. The van der Waals surface area contributed by atoms with E-state index >= 15 is 0 Å². The molecule has 0 spiro atoms. The number of aromatic nitrogens is 1. The molecule has 28 heavy (non-hydrogen) atoms. The molecule has 1 saturated heterocycles. The van der Waals surface area contributed by atoms with Crippen LogP contribution in [-0.2, 0) is 6.42 Å². The molecule has 2 amide bonds. The van der Waals surface area contributed by atoms with Gasteiger partial charge in [-0.15, -0.1) is 0 Å². The predicted molar refractivity (Wildman–Crippen MR) is 108 cm³/mol. The third-order valence-corrected chi connectivity index (χ3v) is 5.58. The molecule has 2 aliphatic rings. The molecule has 5 heteroatoms. The lowest BCUT2D eigenvalue weighted by Gasteiger charge is -2.36. The highest BCUT2D eigenvalue weighted by Crippen LogP contribution is 2.43. The van der Waals surface area contributed by atoms with E-state index in [1.165, 1.54) is 11.1 Å². The molecular weight excluding hydrogens is 350 g/mol. The topological polar surface area (TPSA) is 54.5 Å². The van der Waals surface area contributed by atoms with E-state index in [-0.39, 0.29) is 18.1 Å². The Hall–Kier alpha value is -3.34. The Morgan fingerprint density at radius 3 is 2.61 bits per heavy atom. The Kier molecular flexibility index (Phi) is 4.20. The van der Waals surface area contributed by atoms with Crippen molar-refractivity contribution in [2.45, 2.75) is 31.3 Å². The average molecular weight is 371 g/mol. The number of ether oxygens (including phenoxy) is 1. The molecule has 3 aromatic rings. The van der Waals surface area contributed by atoms with Crippen molar-refractivity contribution < 1.29 is 9.53 Å². The second-order valence-corrected chi connectivity index (χ2v) is 7.30. The third-order valence-electron chi connectivity index (χ3n) is 5.58. The van der Waals surface area contributed by atoms with Crippen LogP contribution in [0.1, 0.15) is 30.0 Å². The predicted octanol–water partition coefficient (Wildman–Crippen LogP) is 5.17. The highest BCUT2D eigenvalue weighted by Gasteiger charge is 2.42. The van der Waals surface area contributed by atoms with Crippen molar-refractivity contribution in [1.29, 1.82) is 0 Å². The molecule has 2 atom stereocenters. The van der Waals surface area contributed by atoms with Crippen LogP contribution in [0.25, 0.3) is 0 Å². The first-order valence-electron chi connectivity index (χ1n) is 9.63. The minimum absolute atomic E-state index is 0.0355. The fourth-order valence-electron chi connectivity index (χ4n) is 4.30. The molecule has 140 valence electrons. The number of pyridine rings is 1. The molecular formula is C23H21N3O2. The maximum atomic E-state index is 13.0. The summed E-state index contributed by atoms with van der Waals surface area (Å²) < 4.78 is 5.81. The van der Waals surface area contributed by atoms with Crippen molar-refractivity contribution >= 4 is 11.7 Å². The molecule has 2 aliphatic heterocycles. The van der Waals surface area contributed by atoms with Crippen molar-refractivity contribution in [3.63, 3.8) is 0 Å². The van der Waals surface area contributed by atoms with Crippen LogP contribution in [0.3, 0.4) is 0 Å². The van der Waals surface area contributed by atoms with Crippen molar-refractivity contribution in [3.8, 4) is 11.5 Å². The number of nitrogens with one attached hydrogen (secondary N) is 1. The summed E-state index contributed by atoms with van der Waals surface area (Å²) in [7, 11) is 0. The Labute approximate surface area is 164 Å². The first-order valence-corrected chi connectivity index (χ1v) is 9.63. The van der Waals surface area contributed by atoms with E-state index in [0.717, 1.165) is 36.4 Å². The normalized spacial score (nSPS) is 19.8. The minimum Gasteiger partial charge on any atom is -0.457 e. The van der Waals surface area contributed by atoms with Crippen LogP contribution < -0.4 is 10.1 Å². The van der Waals surface area contributed by atoms with E-state index in [1.807, 2.05) is 71.9 Å². The van der Waals surface area contributed by atoms with Gasteiger partial charge in [-0.3, -0.25) is 4.98 Å². The molecule has 3 heterocycles. The average Bonchev–Trinajstić information content (AvgIpc) is 3.05. The van der Waals surface area contributed by atoms with Crippen molar-refractivity contribution in [2.75, 3.05) is 5.32 Å².